The first-order chi connectivity index (χ1) is 7.63. The zero-order valence-electron chi connectivity index (χ0n) is 8.78. The highest BCUT2D eigenvalue weighted by molar-refractivity contribution is 7.89. The number of hydrogen-bond acceptors (Lipinski definition) is 3. The van der Waals surface area contributed by atoms with Crippen LogP contribution in [0.4, 0.5) is 13.2 Å². The molecule has 17 heavy (non-hydrogen) atoms. The van der Waals surface area contributed by atoms with Crippen molar-refractivity contribution in [3.63, 3.8) is 0 Å². The fourth-order valence-electron chi connectivity index (χ4n) is 1.21. The third kappa shape index (κ3) is 3.90. The van der Waals surface area contributed by atoms with Gasteiger partial charge in [-0.2, -0.15) is 0 Å². The molecule has 96 valence electrons. The predicted octanol–water partition coefficient (Wildman–Crippen LogP) is 1.80. The molecule has 0 atom stereocenters. The second-order valence-electron chi connectivity index (χ2n) is 3.23. The van der Waals surface area contributed by atoms with Crippen molar-refractivity contribution < 1.29 is 26.3 Å². The van der Waals surface area contributed by atoms with E-state index in [-0.39, 0.29) is 0 Å². The molecule has 0 saturated heterocycles. The molecule has 0 aliphatic rings. The Labute approximate surface area is 96.2 Å². The molecule has 0 unspecified atom stereocenters. The molecule has 0 saturated carbocycles. The summed E-state index contributed by atoms with van der Waals surface area (Å²) in [5.74, 6) is -0.806. The smallest absolute Gasteiger partial charge is 0.404 e. The summed E-state index contributed by atoms with van der Waals surface area (Å²) in [4.78, 5) is -0.688. The van der Waals surface area contributed by atoms with Crippen molar-refractivity contribution in [2.45, 2.75) is 24.6 Å². The van der Waals surface area contributed by atoms with Crippen LogP contribution in [0.25, 0.3) is 0 Å². The lowest BCUT2D eigenvalue weighted by atomic mass is 10.2. The first-order valence-corrected chi connectivity index (χ1v) is 6.09. The molecule has 2 N–H and O–H groups in total. The highest BCUT2D eigenvalue weighted by Gasteiger charge is 2.33. The highest BCUT2D eigenvalue weighted by Crippen LogP contribution is 2.30. The van der Waals surface area contributed by atoms with Crippen LogP contribution in [0.5, 0.6) is 5.75 Å². The number of rotatable bonds is 3. The van der Waals surface area contributed by atoms with E-state index in [4.69, 9.17) is 5.14 Å². The van der Waals surface area contributed by atoms with Crippen molar-refractivity contribution >= 4 is 10.0 Å². The lowest BCUT2D eigenvalue weighted by molar-refractivity contribution is -0.275. The van der Waals surface area contributed by atoms with Crippen molar-refractivity contribution in [1.82, 2.24) is 0 Å². The number of hydrogen-bond donors (Lipinski definition) is 1. The monoisotopic (exact) mass is 269 g/mol. The standard InChI is InChI=1S/C9H10F3NO3S/c1-2-6-3-4-8(17(13,14)15)7(5-6)16-9(10,11)12/h3-5H,2H2,1H3,(H2,13,14,15). The summed E-state index contributed by atoms with van der Waals surface area (Å²) in [5, 5.41) is 4.79. The van der Waals surface area contributed by atoms with Crippen LogP contribution in [0.1, 0.15) is 12.5 Å². The molecule has 0 fully saturated rings. The topological polar surface area (TPSA) is 69.4 Å². The summed E-state index contributed by atoms with van der Waals surface area (Å²) in [7, 11) is -4.26. The molecular weight excluding hydrogens is 259 g/mol. The Morgan fingerprint density at radius 1 is 1.35 bits per heavy atom. The molecule has 0 aliphatic carbocycles. The molecule has 0 bridgehead atoms. The Morgan fingerprint density at radius 3 is 2.35 bits per heavy atom. The van der Waals surface area contributed by atoms with Crippen LogP contribution >= 0.6 is 0 Å². The minimum atomic E-state index is -4.97. The van der Waals surface area contributed by atoms with Crippen LogP contribution < -0.4 is 9.88 Å². The SMILES string of the molecule is CCc1ccc(S(N)(=O)=O)c(OC(F)(F)F)c1. The van der Waals surface area contributed by atoms with Gasteiger partial charge in [-0.15, -0.1) is 13.2 Å². The number of nitrogens with two attached hydrogens (primary N) is 1. The first-order valence-electron chi connectivity index (χ1n) is 4.55. The average molecular weight is 269 g/mol. The van der Waals surface area contributed by atoms with E-state index in [1.165, 1.54) is 6.07 Å². The molecule has 4 nitrogen and oxygen atoms in total. The predicted molar refractivity (Wildman–Crippen MR) is 53.9 cm³/mol. The van der Waals surface area contributed by atoms with Gasteiger partial charge >= 0.3 is 6.36 Å². The van der Waals surface area contributed by atoms with E-state index >= 15 is 0 Å². The van der Waals surface area contributed by atoms with Gasteiger partial charge in [0.15, 0.2) is 0 Å². The molecule has 8 heteroatoms. The first kappa shape index (κ1) is 13.8. The Morgan fingerprint density at radius 2 is 1.94 bits per heavy atom. The summed E-state index contributed by atoms with van der Waals surface area (Å²) in [6.07, 6.45) is -4.52. The van der Waals surface area contributed by atoms with Gasteiger partial charge in [0.2, 0.25) is 10.0 Å². The maximum atomic E-state index is 12.1. The van der Waals surface area contributed by atoms with Gasteiger partial charge in [0, 0.05) is 0 Å². The Kier molecular flexibility index (Phi) is 3.68. The van der Waals surface area contributed by atoms with E-state index in [1.54, 1.807) is 6.92 Å². The van der Waals surface area contributed by atoms with E-state index in [2.05, 4.69) is 4.74 Å². The molecule has 0 aromatic heterocycles. The van der Waals surface area contributed by atoms with E-state index in [1.807, 2.05) is 0 Å². The second-order valence-corrected chi connectivity index (χ2v) is 4.76. The summed E-state index contributed by atoms with van der Waals surface area (Å²) >= 11 is 0. The van der Waals surface area contributed by atoms with E-state index in [0.717, 1.165) is 12.1 Å². The van der Waals surface area contributed by atoms with Crippen LogP contribution in [0, 0.1) is 0 Å². The van der Waals surface area contributed by atoms with Gasteiger partial charge in [0.05, 0.1) is 0 Å². The van der Waals surface area contributed by atoms with Crippen molar-refractivity contribution in [2.24, 2.45) is 5.14 Å². The summed E-state index contributed by atoms with van der Waals surface area (Å²) in [5.41, 5.74) is 0.511. The Balaban J connectivity index is 3.32. The van der Waals surface area contributed by atoms with Gasteiger partial charge in [-0.25, -0.2) is 13.6 Å². The van der Waals surface area contributed by atoms with Crippen molar-refractivity contribution in [1.29, 1.82) is 0 Å². The lowest BCUT2D eigenvalue weighted by Gasteiger charge is -2.13. The summed E-state index contributed by atoms with van der Waals surface area (Å²) in [6.45, 7) is 1.71. The summed E-state index contributed by atoms with van der Waals surface area (Å²) in [6, 6.07) is 3.38. The van der Waals surface area contributed by atoms with Gasteiger partial charge in [-0.3, -0.25) is 0 Å². The molecule has 0 heterocycles. The molecule has 1 rings (SSSR count). The fraction of sp³-hybridized carbons (Fsp3) is 0.333. The van der Waals surface area contributed by atoms with Crippen LogP contribution in [0.15, 0.2) is 23.1 Å². The molecule has 0 aliphatic heterocycles. The molecule has 0 spiro atoms. The van der Waals surface area contributed by atoms with Crippen molar-refractivity contribution in [2.75, 3.05) is 0 Å². The highest BCUT2D eigenvalue weighted by atomic mass is 32.2. The molecule has 0 radical (unpaired) electrons. The zero-order valence-corrected chi connectivity index (χ0v) is 9.60. The number of primary sulfonamides is 1. The number of halogens is 3. The lowest BCUT2D eigenvalue weighted by Crippen LogP contribution is -2.21. The Hall–Kier alpha value is -1.28. The zero-order chi connectivity index (χ0) is 13.3. The number of sulfonamides is 1. The summed E-state index contributed by atoms with van der Waals surface area (Å²) < 4.78 is 62.0. The van der Waals surface area contributed by atoms with Crippen LogP contribution in [-0.4, -0.2) is 14.8 Å². The van der Waals surface area contributed by atoms with Gasteiger partial charge in [0.1, 0.15) is 10.6 Å². The third-order valence-corrected chi connectivity index (χ3v) is 2.90. The number of aryl methyl sites for hydroxylation is 1. The maximum absolute atomic E-state index is 12.1. The fourth-order valence-corrected chi connectivity index (χ4v) is 1.85. The van der Waals surface area contributed by atoms with Gasteiger partial charge in [-0.05, 0) is 24.1 Å². The molecule has 1 aromatic rings. The quantitative estimate of drug-likeness (QED) is 0.909. The van der Waals surface area contributed by atoms with Crippen molar-refractivity contribution in [3.8, 4) is 5.75 Å². The third-order valence-electron chi connectivity index (χ3n) is 1.95. The van der Waals surface area contributed by atoms with Crippen LogP contribution in [0.3, 0.4) is 0 Å². The van der Waals surface area contributed by atoms with Gasteiger partial charge < -0.3 is 4.74 Å². The average Bonchev–Trinajstić information content (AvgIpc) is 2.13. The second kappa shape index (κ2) is 4.53. The minimum Gasteiger partial charge on any atom is -0.404 e. The van der Waals surface area contributed by atoms with Crippen LogP contribution in [-0.2, 0) is 16.4 Å². The normalized spacial score (nSPS) is 12.5. The minimum absolute atomic E-state index is 0.444. The van der Waals surface area contributed by atoms with Gasteiger partial charge in [0.25, 0.3) is 0 Å². The largest absolute Gasteiger partial charge is 0.573 e. The van der Waals surface area contributed by atoms with Crippen LogP contribution in [0.2, 0.25) is 0 Å². The van der Waals surface area contributed by atoms with E-state index in [0.29, 0.717) is 12.0 Å². The van der Waals surface area contributed by atoms with Gasteiger partial charge in [-0.1, -0.05) is 13.0 Å². The molecule has 1 aromatic carbocycles. The number of alkyl halides is 3. The van der Waals surface area contributed by atoms with E-state index < -0.39 is 27.0 Å². The number of ether oxygens (including phenoxy) is 1. The van der Waals surface area contributed by atoms with Crippen molar-refractivity contribution in [3.05, 3.63) is 23.8 Å². The maximum Gasteiger partial charge on any atom is 0.573 e. The molecular formula is C9H10F3NO3S. The Bertz CT molecular complexity index is 511. The van der Waals surface area contributed by atoms with E-state index in [9.17, 15) is 21.6 Å². The number of benzene rings is 1. The molecule has 0 amide bonds.